The van der Waals surface area contributed by atoms with Crippen molar-refractivity contribution in [3.8, 4) is 0 Å². The molecule has 1 saturated heterocycles. The smallest absolute Gasteiger partial charge is 0.226 e. The van der Waals surface area contributed by atoms with Crippen molar-refractivity contribution < 1.29 is 13.6 Å². The Labute approximate surface area is 73.6 Å². The van der Waals surface area contributed by atoms with E-state index in [0.717, 1.165) is 13.0 Å². The van der Waals surface area contributed by atoms with Crippen LogP contribution < -0.4 is 5.14 Å². The number of likely N-dealkylation sites (tertiary alicyclic amines) is 1. The summed E-state index contributed by atoms with van der Waals surface area (Å²) in [5, 5.41) is 4.03. The highest BCUT2D eigenvalue weighted by atomic mass is 32.2. The number of amides is 1. The molecule has 1 aliphatic heterocycles. The van der Waals surface area contributed by atoms with Crippen LogP contribution in [0.1, 0.15) is 12.8 Å². The highest BCUT2D eigenvalue weighted by Crippen LogP contribution is 2.08. The van der Waals surface area contributed by atoms with Gasteiger partial charge in [-0.3, -0.25) is 14.1 Å². The molecule has 1 aliphatic rings. The molecule has 1 fully saturated rings. The monoisotopic (exact) mass is 191 g/mol. The Morgan fingerprint density at radius 3 is 2.42 bits per heavy atom. The van der Waals surface area contributed by atoms with Crippen LogP contribution in [0, 0.1) is 0 Å². The summed E-state index contributed by atoms with van der Waals surface area (Å²) in [6.45, 7) is 4.36. The zero-order chi connectivity index (χ0) is 9.56. The molecule has 6 heteroatoms. The summed E-state index contributed by atoms with van der Waals surface area (Å²) in [5.74, 6) is 0.208. The molecule has 1 amide bonds. The molecule has 0 aromatic heterocycles. The summed E-state index contributed by atoms with van der Waals surface area (Å²) >= 11 is -2.36. The first kappa shape index (κ1) is 11.3. The summed E-state index contributed by atoms with van der Waals surface area (Å²) < 4.78 is 17.6. The molecule has 5 nitrogen and oxygen atoms in total. The van der Waals surface area contributed by atoms with Crippen LogP contribution in [0.15, 0.2) is 12.8 Å². The van der Waals surface area contributed by atoms with Crippen LogP contribution in [0.5, 0.6) is 0 Å². The zero-order valence-electron chi connectivity index (χ0n) is 6.56. The van der Waals surface area contributed by atoms with Gasteiger partial charge in [0.05, 0.1) is 0 Å². The van der Waals surface area contributed by atoms with Gasteiger partial charge in [0.2, 0.25) is 5.91 Å². The fourth-order valence-electron chi connectivity index (χ4n) is 0.862. The SMILES string of the molecule is C=CN1CCCC1=O.NS(=O)[O-]. The third-order valence-electron chi connectivity index (χ3n) is 1.33. The van der Waals surface area contributed by atoms with E-state index in [4.69, 9.17) is 8.76 Å². The summed E-state index contributed by atoms with van der Waals surface area (Å²) in [5.41, 5.74) is 0. The van der Waals surface area contributed by atoms with Crippen molar-refractivity contribution in [3.05, 3.63) is 12.8 Å². The quantitative estimate of drug-likeness (QED) is 0.566. The molecule has 0 spiro atoms. The van der Waals surface area contributed by atoms with Crippen molar-refractivity contribution in [1.82, 2.24) is 4.90 Å². The third kappa shape index (κ3) is 5.00. The largest absolute Gasteiger partial charge is 0.760 e. The van der Waals surface area contributed by atoms with Crippen molar-refractivity contribution in [2.24, 2.45) is 5.14 Å². The summed E-state index contributed by atoms with van der Waals surface area (Å²) in [6.07, 6.45) is 3.28. The number of hydrogen-bond acceptors (Lipinski definition) is 3. The maximum Gasteiger partial charge on any atom is 0.226 e. The number of nitrogens with two attached hydrogens (primary N) is 1. The van der Waals surface area contributed by atoms with Crippen LogP contribution in [-0.2, 0) is 16.1 Å². The first-order valence-corrected chi connectivity index (χ1v) is 4.47. The normalized spacial score (nSPS) is 18.2. The van der Waals surface area contributed by atoms with Gasteiger partial charge in [0.25, 0.3) is 0 Å². The Morgan fingerprint density at radius 1 is 1.75 bits per heavy atom. The van der Waals surface area contributed by atoms with Crippen molar-refractivity contribution in [2.45, 2.75) is 12.8 Å². The van der Waals surface area contributed by atoms with Crippen LogP contribution in [0.4, 0.5) is 0 Å². The Balaban J connectivity index is 0.000000261. The minimum atomic E-state index is -2.36. The lowest BCUT2D eigenvalue weighted by molar-refractivity contribution is -0.125. The number of nitrogens with zero attached hydrogens (tertiary/aromatic N) is 1. The minimum absolute atomic E-state index is 0.208. The van der Waals surface area contributed by atoms with E-state index in [9.17, 15) is 4.79 Å². The van der Waals surface area contributed by atoms with E-state index in [1.807, 2.05) is 0 Å². The maximum atomic E-state index is 10.7. The highest BCUT2D eigenvalue weighted by Gasteiger charge is 2.15. The first-order chi connectivity index (χ1) is 5.57. The van der Waals surface area contributed by atoms with Crippen molar-refractivity contribution in [3.63, 3.8) is 0 Å². The molecule has 12 heavy (non-hydrogen) atoms. The van der Waals surface area contributed by atoms with Gasteiger partial charge in [-0.15, -0.1) is 0 Å². The average Bonchev–Trinajstić information content (AvgIpc) is 2.33. The Hall–Kier alpha value is -0.720. The summed E-state index contributed by atoms with van der Waals surface area (Å²) in [6, 6.07) is 0. The van der Waals surface area contributed by atoms with E-state index in [-0.39, 0.29) is 5.91 Å². The minimum Gasteiger partial charge on any atom is -0.760 e. The van der Waals surface area contributed by atoms with Crippen LogP contribution in [0.3, 0.4) is 0 Å². The topological polar surface area (TPSA) is 86.5 Å². The van der Waals surface area contributed by atoms with Crippen molar-refractivity contribution in [1.29, 1.82) is 0 Å². The number of carbonyl (C=O) groups is 1. The number of carbonyl (C=O) groups excluding carboxylic acids is 1. The van der Waals surface area contributed by atoms with Crippen LogP contribution in [-0.4, -0.2) is 26.1 Å². The number of rotatable bonds is 1. The second-order valence-corrected chi connectivity index (χ2v) is 2.65. The molecule has 0 bridgehead atoms. The number of hydrogen-bond donors (Lipinski definition) is 1. The highest BCUT2D eigenvalue weighted by molar-refractivity contribution is 7.76. The lowest BCUT2D eigenvalue weighted by Gasteiger charge is -2.05. The molecule has 2 N–H and O–H groups in total. The summed E-state index contributed by atoms with van der Waals surface area (Å²) in [4.78, 5) is 12.3. The lowest BCUT2D eigenvalue weighted by atomic mass is 10.4. The van der Waals surface area contributed by atoms with E-state index in [2.05, 4.69) is 11.7 Å². The fraction of sp³-hybridized carbons (Fsp3) is 0.500. The predicted octanol–water partition coefficient (Wildman–Crippen LogP) is -0.508. The average molecular weight is 191 g/mol. The lowest BCUT2D eigenvalue weighted by Crippen LogP contribution is -2.16. The molecule has 0 saturated carbocycles. The Morgan fingerprint density at radius 2 is 2.25 bits per heavy atom. The van der Waals surface area contributed by atoms with E-state index in [1.165, 1.54) is 0 Å². The van der Waals surface area contributed by atoms with Crippen LogP contribution >= 0.6 is 0 Å². The first-order valence-electron chi connectivity index (χ1n) is 3.33. The Kier molecular flexibility index (Phi) is 5.52. The van der Waals surface area contributed by atoms with E-state index in [0.29, 0.717) is 6.42 Å². The molecule has 1 rings (SSSR count). The van der Waals surface area contributed by atoms with Gasteiger partial charge in [-0.2, -0.15) is 0 Å². The molecular formula is C6H11N2O3S-. The van der Waals surface area contributed by atoms with Crippen molar-refractivity contribution in [2.75, 3.05) is 6.54 Å². The zero-order valence-corrected chi connectivity index (χ0v) is 7.38. The van der Waals surface area contributed by atoms with Gasteiger partial charge in [-0.1, -0.05) is 6.58 Å². The molecular weight excluding hydrogens is 180 g/mol. The van der Waals surface area contributed by atoms with E-state index in [1.54, 1.807) is 11.1 Å². The second-order valence-electron chi connectivity index (χ2n) is 2.13. The van der Waals surface area contributed by atoms with Crippen LogP contribution in [0.2, 0.25) is 0 Å². The van der Waals surface area contributed by atoms with Gasteiger partial charge in [0, 0.05) is 24.2 Å². The maximum absolute atomic E-state index is 10.7. The second kappa shape index (κ2) is 5.87. The molecule has 70 valence electrons. The molecule has 0 aliphatic carbocycles. The third-order valence-corrected chi connectivity index (χ3v) is 1.33. The van der Waals surface area contributed by atoms with Gasteiger partial charge in [-0.25, -0.2) is 0 Å². The standard InChI is InChI=1S/C6H9NO.H3NO2S/c1-2-7-5-3-4-6(7)8;1-4(2)3/h2H,1,3-5H2;1H2,(H,2,3)/p-1. The predicted molar refractivity (Wildman–Crippen MR) is 44.3 cm³/mol. The van der Waals surface area contributed by atoms with Gasteiger partial charge in [0.15, 0.2) is 0 Å². The molecule has 1 unspecified atom stereocenters. The van der Waals surface area contributed by atoms with Gasteiger partial charge in [-0.05, 0) is 12.6 Å². The van der Waals surface area contributed by atoms with Crippen molar-refractivity contribution >= 4 is 17.2 Å². The van der Waals surface area contributed by atoms with Gasteiger partial charge in [0.1, 0.15) is 0 Å². The summed E-state index contributed by atoms with van der Waals surface area (Å²) in [7, 11) is 0. The molecule has 0 radical (unpaired) electrons. The van der Waals surface area contributed by atoms with E-state index < -0.39 is 11.3 Å². The molecule has 1 heterocycles. The van der Waals surface area contributed by atoms with Crippen LogP contribution in [0.25, 0.3) is 0 Å². The fourth-order valence-corrected chi connectivity index (χ4v) is 0.862. The molecule has 1 atom stereocenters. The molecule has 0 aromatic carbocycles. The van der Waals surface area contributed by atoms with E-state index >= 15 is 0 Å². The molecule has 0 aromatic rings. The van der Waals surface area contributed by atoms with Gasteiger partial charge < -0.3 is 9.45 Å². The Bertz CT molecular complexity index is 191. The van der Waals surface area contributed by atoms with Gasteiger partial charge >= 0.3 is 0 Å².